The predicted molar refractivity (Wildman–Crippen MR) is 103 cm³/mol. The van der Waals surface area contributed by atoms with Crippen molar-refractivity contribution in [3.8, 4) is 0 Å². The zero-order chi connectivity index (χ0) is 18.4. The van der Waals surface area contributed by atoms with Crippen molar-refractivity contribution in [1.82, 2.24) is 10.2 Å². The fourth-order valence-electron chi connectivity index (χ4n) is 3.17. The number of nitrogens with one attached hydrogen (secondary N) is 2. The van der Waals surface area contributed by atoms with E-state index in [1.807, 2.05) is 42.5 Å². The quantitative estimate of drug-likeness (QED) is 0.871. The van der Waals surface area contributed by atoms with Gasteiger partial charge >= 0.3 is 0 Å². The number of carbonyl (C=O) groups is 2. The molecular weight excluding hydrogens is 326 g/mol. The molecule has 2 amide bonds. The molecule has 1 aliphatic heterocycles. The number of hydrogen-bond donors (Lipinski definition) is 2. The number of nitrogens with zero attached hydrogens (tertiary/aromatic N) is 1. The molecule has 0 aliphatic carbocycles. The number of piperidine rings is 1. The lowest BCUT2D eigenvalue weighted by Crippen LogP contribution is -2.36. The molecule has 2 aromatic carbocycles. The molecule has 1 aliphatic rings. The maximum Gasteiger partial charge on any atom is 0.253 e. The number of likely N-dealkylation sites (tertiary alicyclic amines) is 1. The van der Waals surface area contributed by atoms with Crippen molar-refractivity contribution in [3.63, 3.8) is 0 Å². The molecule has 0 atom stereocenters. The van der Waals surface area contributed by atoms with Crippen molar-refractivity contribution in [3.05, 3.63) is 65.7 Å². The van der Waals surface area contributed by atoms with E-state index in [0.717, 1.165) is 31.5 Å². The molecule has 0 unspecified atom stereocenters. The number of hydrogen-bond acceptors (Lipinski definition) is 3. The molecule has 3 rings (SSSR count). The minimum Gasteiger partial charge on any atom is -0.348 e. The fourth-order valence-corrected chi connectivity index (χ4v) is 3.17. The van der Waals surface area contributed by atoms with Gasteiger partial charge in [-0.05, 0) is 50.7 Å². The minimum atomic E-state index is -0.187. The van der Waals surface area contributed by atoms with Crippen LogP contribution in [0.15, 0.2) is 54.6 Å². The summed E-state index contributed by atoms with van der Waals surface area (Å²) in [5.74, 6) is -0.179. The van der Waals surface area contributed by atoms with Crippen molar-refractivity contribution < 1.29 is 9.59 Å². The zero-order valence-electron chi connectivity index (χ0n) is 15.1. The Morgan fingerprint density at radius 3 is 2.38 bits per heavy atom. The van der Waals surface area contributed by atoms with Crippen LogP contribution < -0.4 is 10.6 Å². The van der Waals surface area contributed by atoms with Crippen molar-refractivity contribution in [2.24, 2.45) is 5.92 Å². The van der Waals surface area contributed by atoms with Crippen LogP contribution in [-0.2, 0) is 11.3 Å². The summed E-state index contributed by atoms with van der Waals surface area (Å²) >= 11 is 0. The highest BCUT2D eigenvalue weighted by Crippen LogP contribution is 2.21. The topological polar surface area (TPSA) is 61.4 Å². The molecule has 2 aromatic rings. The lowest BCUT2D eigenvalue weighted by atomic mass is 9.96. The Morgan fingerprint density at radius 2 is 1.65 bits per heavy atom. The van der Waals surface area contributed by atoms with Gasteiger partial charge in [-0.25, -0.2) is 0 Å². The van der Waals surface area contributed by atoms with E-state index in [0.29, 0.717) is 17.8 Å². The average Bonchev–Trinajstić information content (AvgIpc) is 2.68. The number of para-hydroxylation sites is 1. The van der Waals surface area contributed by atoms with Crippen molar-refractivity contribution in [2.45, 2.75) is 19.4 Å². The van der Waals surface area contributed by atoms with Gasteiger partial charge in [0.05, 0.1) is 11.3 Å². The van der Waals surface area contributed by atoms with Crippen molar-refractivity contribution >= 4 is 17.5 Å². The van der Waals surface area contributed by atoms with Gasteiger partial charge in [-0.1, -0.05) is 42.5 Å². The van der Waals surface area contributed by atoms with Crippen LogP contribution in [0.4, 0.5) is 5.69 Å². The first kappa shape index (κ1) is 18.1. The van der Waals surface area contributed by atoms with E-state index < -0.39 is 0 Å². The van der Waals surface area contributed by atoms with Crippen LogP contribution in [0.25, 0.3) is 0 Å². The van der Waals surface area contributed by atoms with E-state index in [9.17, 15) is 9.59 Å². The molecule has 1 saturated heterocycles. The van der Waals surface area contributed by atoms with Crippen LogP contribution in [-0.4, -0.2) is 36.9 Å². The number of benzene rings is 2. The molecular formula is C21H25N3O2. The second kappa shape index (κ2) is 8.63. The van der Waals surface area contributed by atoms with Crippen LogP contribution >= 0.6 is 0 Å². The van der Waals surface area contributed by atoms with Gasteiger partial charge in [-0.15, -0.1) is 0 Å². The van der Waals surface area contributed by atoms with E-state index >= 15 is 0 Å². The van der Waals surface area contributed by atoms with E-state index in [1.165, 1.54) is 0 Å². The Balaban J connectivity index is 1.63. The first-order chi connectivity index (χ1) is 12.6. The summed E-state index contributed by atoms with van der Waals surface area (Å²) in [6.07, 6.45) is 1.70. The van der Waals surface area contributed by atoms with Gasteiger partial charge in [0.2, 0.25) is 5.91 Å². The molecule has 136 valence electrons. The van der Waals surface area contributed by atoms with E-state index in [4.69, 9.17) is 0 Å². The number of carbonyl (C=O) groups excluding carboxylic acids is 2. The SMILES string of the molecule is CN1CCC(C(=O)Nc2ccccc2C(=O)NCc2ccccc2)CC1. The van der Waals surface area contributed by atoms with E-state index in [1.54, 1.807) is 12.1 Å². The van der Waals surface area contributed by atoms with E-state index in [-0.39, 0.29) is 17.7 Å². The summed E-state index contributed by atoms with van der Waals surface area (Å²) in [5, 5.41) is 5.87. The average molecular weight is 351 g/mol. The molecule has 1 fully saturated rings. The molecule has 0 saturated carbocycles. The molecule has 0 radical (unpaired) electrons. The highest BCUT2D eigenvalue weighted by atomic mass is 16.2. The smallest absolute Gasteiger partial charge is 0.253 e. The van der Waals surface area contributed by atoms with E-state index in [2.05, 4.69) is 22.6 Å². The van der Waals surface area contributed by atoms with Gasteiger partial charge in [0.25, 0.3) is 5.91 Å². The first-order valence-corrected chi connectivity index (χ1v) is 9.04. The van der Waals surface area contributed by atoms with Gasteiger partial charge in [0, 0.05) is 12.5 Å². The van der Waals surface area contributed by atoms with Crippen LogP contribution in [0.5, 0.6) is 0 Å². The molecule has 5 nitrogen and oxygen atoms in total. The Bertz CT molecular complexity index is 753. The molecule has 1 heterocycles. The number of rotatable bonds is 5. The lowest BCUT2D eigenvalue weighted by Gasteiger charge is -2.28. The third kappa shape index (κ3) is 4.70. The molecule has 0 bridgehead atoms. The van der Waals surface area contributed by atoms with Crippen LogP contribution in [0.3, 0.4) is 0 Å². The van der Waals surface area contributed by atoms with Gasteiger partial charge < -0.3 is 15.5 Å². The Labute approximate surface area is 154 Å². The highest BCUT2D eigenvalue weighted by molar-refractivity contribution is 6.04. The zero-order valence-corrected chi connectivity index (χ0v) is 15.1. The van der Waals surface area contributed by atoms with Gasteiger partial charge in [0.1, 0.15) is 0 Å². The largest absolute Gasteiger partial charge is 0.348 e. The molecule has 5 heteroatoms. The van der Waals surface area contributed by atoms with Crippen LogP contribution in [0.2, 0.25) is 0 Å². The molecule has 2 N–H and O–H groups in total. The maximum absolute atomic E-state index is 12.6. The van der Waals surface area contributed by atoms with Crippen molar-refractivity contribution in [2.75, 3.05) is 25.5 Å². The standard InChI is InChI=1S/C21H25N3O2/c1-24-13-11-17(12-14-24)20(25)23-19-10-6-5-9-18(19)21(26)22-15-16-7-3-2-4-8-16/h2-10,17H,11-15H2,1H3,(H,22,26)(H,23,25). The monoisotopic (exact) mass is 351 g/mol. The second-order valence-electron chi connectivity index (χ2n) is 6.78. The normalized spacial score (nSPS) is 15.4. The molecule has 0 aromatic heterocycles. The first-order valence-electron chi connectivity index (χ1n) is 9.04. The number of anilines is 1. The third-order valence-electron chi connectivity index (χ3n) is 4.81. The summed E-state index contributed by atoms with van der Waals surface area (Å²) in [5.41, 5.74) is 2.10. The summed E-state index contributed by atoms with van der Waals surface area (Å²) in [6, 6.07) is 16.9. The minimum absolute atomic E-state index is 0.00130. The second-order valence-corrected chi connectivity index (χ2v) is 6.78. The molecule has 26 heavy (non-hydrogen) atoms. The highest BCUT2D eigenvalue weighted by Gasteiger charge is 2.24. The Morgan fingerprint density at radius 1 is 1.00 bits per heavy atom. The number of amides is 2. The third-order valence-corrected chi connectivity index (χ3v) is 4.81. The van der Waals surface area contributed by atoms with Gasteiger partial charge in [-0.2, -0.15) is 0 Å². The summed E-state index contributed by atoms with van der Waals surface area (Å²) in [7, 11) is 2.07. The Hall–Kier alpha value is -2.66. The molecule has 0 spiro atoms. The maximum atomic E-state index is 12.6. The summed E-state index contributed by atoms with van der Waals surface area (Å²) in [4.78, 5) is 27.4. The lowest BCUT2D eigenvalue weighted by molar-refractivity contribution is -0.121. The van der Waals surface area contributed by atoms with Gasteiger partial charge in [-0.3, -0.25) is 9.59 Å². The van der Waals surface area contributed by atoms with Crippen LogP contribution in [0.1, 0.15) is 28.8 Å². The van der Waals surface area contributed by atoms with Gasteiger partial charge in [0.15, 0.2) is 0 Å². The predicted octanol–water partition coefficient (Wildman–Crippen LogP) is 2.90. The van der Waals surface area contributed by atoms with Crippen molar-refractivity contribution in [1.29, 1.82) is 0 Å². The summed E-state index contributed by atoms with van der Waals surface area (Å²) < 4.78 is 0. The van der Waals surface area contributed by atoms with Crippen LogP contribution in [0, 0.1) is 5.92 Å². The fraction of sp³-hybridized carbons (Fsp3) is 0.333. The summed E-state index contributed by atoms with van der Waals surface area (Å²) in [6.45, 7) is 2.31. The Kier molecular flexibility index (Phi) is 6.02.